The van der Waals surface area contributed by atoms with Crippen LogP contribution in [0.5, 0.6) is 0 Å². The molecule has 7 heteroatoms. The third kappa shape index (κ3) is 5.12. The molecular weight excluding hydrogens is 413 g/mol. The monoisotopic (exact) mass is 439 g/mol. The van der Waals surface area contributed by atoms with Gasteiger partial charge < -0.3 is 15.3 Å². The zero-order valence-electron chi connectivity index (χ0n) is 17.9. The van der Waals surface area contributed by atoms with Crippen molar-refractivity contribution in [3.05, 3.63) is 82.0 Å². The smallest absolute Gasteiger partial charge is 0.305 e. The van der Waals surface area contributed by atoms with Gasteiger partial charge in [0.15, 0.2) is 0 Å². The lowest BCUT2D eigenvalue weighted by molar-refractivity contribution is -0.139. The number of carboxylic acid groups (broad SMARTS) is 1. The molecule has 3 N–H and O–H groups in total. The summed E-state index contributed by atoms with van der Waals surface area (Å²) < 4.78 is 15.0. The van der Waals surface area contributed by atoms with Gasteiger partial charge in [0.1, 0.15) is 5.82 Å². The number of fused-ring (bicyclic) bond motifs is 1. The molecule has 0 aliphatic carbocycles. The lowest BCUT2D eigenvalue weighted by atomic mass is 9.93. The van der Waals surface area contributed by atoms with Crippen molar-refractivity contribution in [1.29, 1.82) is 0 Å². The van der Waals surface area contributed by atoms with E-state index in [0.29, 0.717) is 16.8 Å². The van der Waals surface area contributed by atoms with Crippen LogP contribution in [0.4, 0.5) is 4.39 Å². The van der Waals surface area contributed by atoms with Crippen LogP contribution in [0, 0.1) is 5.82 Å². The molecule has 0 spiro atoms. The van der Waals surface area contributed by atoms with Crippen LogP contribution in [0.25, 0.3) is 22.5 Å². The first-order valence-electron chi connectivity index (χ1n) is 10.4. The lowest BCUT2D eigenvalue weighted by Gasteiger charge is -2.20. The van der Waals surface area contributed by atoms with Gasteiger partial charge in [-0.15, -0.1) is 0 Å². The minimum absolute atomic E-state index is 0.0154. The van der Waals surface area contributed by atoms with Gasteiger partial charge in [0, 0.05) is 17.5 Å². The number of rotatable bonds is 8. The molecule has 0 radical (unpaired) electrons. The molecule has 3 rings (SSSR count). The van der Waals surface area contributed by atoms with Crippen molar-refractivity contribution < 1.29 is 24.5 Å². The number of pyridine rings is 1. The van der Waals surface area contributed by atoms with Crippen molar-refractivity contribution in [1.82, 2.24) is 4.57 Å². The molecular formula is C25H26FNO5. The van der Waals surface area contributed by atoms with E-state index in [1.165, 1.54) is 34.9 Å². The molecule has 0 bridgehead atoms. The van der Waals surface area contributed by atoms with E-state index in [9.17, 15) is 24.2 Å². The number of nitrogens with zero attached hydrogens (tertiary/aromatic N) is 1. The van der Waals surface area contributed by atoms with Crippen LogP contribution in [0.15, 0.2) is 59.4 Å². The van der Waals surface area contributed by atoms with E-state index in [2.05, 4.69) is 0 Å². The lowest BCUT2D eigenvalue weighted by Crippen LogP contribution is -2.23. The molecule has 0 saturated heterocycles. The van der Waals surface area contributed by atoms with Crippen molar-refractivity contribution in [2.75, 3.05) is 0 Å². The Morgan fingerprint density at radius 1 is 1.06 bits per heavy atom. The normalized spacial score (nSPS) is 13.7. The van der Waals surface area contributed by atoms with E-state index in [-0.39, 0.29) is 17.9 Å². The minimum Gasteiger partial charge on any atom is -0.481 e. The molecule has 0 unspecified atom stereocenters. The number of halogens is 1. The Morgan fingerprint density at radius 2 is 1.69 bits per heavy atom. The van der Waals surface area contributed by atoms with Crippen molar-refractivity contribution in [2.24, 2.45) is 0 Å². The summed E-state index contributed by atoms with van der Waals surface area (Å²) in [5, 5.41) is 30.2. The summed E-state index contributed by atoms with van der Waals surface area (Å²) in [6.07, 6.45) is 0.0813. The van der Waals surface area contributed by atoms with Gasteiger partial charge in [-0.3, -0.25) is 14.2 Å². The molecule has 1 aromatic heterocycles. The number of benzene rings is 2. The Hall–Kier alpha value is -3.29. The topological polar surface area (TPSA) is 99.8 Å². The third-order valence-corrected chi connectivity index (χ3v) is 5.23. The van der Waals surface area contributed by atoms with Crippen LogP contribution < -0.4 is 5.56 Å². The van der Waals surface area contributed by atoms with E-state index in [1.54, 1.807) is 18.2 Å². The van der Waals surface area contributed by atoms with Crippen LogP contribution in [0.3, 0.4) is 0 Å². The quantitative estimate of drug-likeness (QED) is 0.495. The van der Waals surface area contributed by atoms with Gasteiger partial charge in [0.2, 0.25) is 0 Å². The average Bonchev–Trinajstić information content (AvgIpc) is 2.72. The van der Waals surface area contributed by atoms with Crippen LogP contribution in [-0.2, 0) is 4.79 Å². The minimum atomic E-state index is -1.20. The maximum absolute atomic E-state index is 13.5. The van der Waals surface area contributed by atoms with Gasteiger partial charge in [0.25, 0.3) is 5.56 Å². The first-order chi connectivity index (χ1) is 15.2. The summed E-state index contributed by atoms with van der Waals surface area (Å²) >= 11 is 0. The summed E-state index contributed by atoms with van der Waals surface area (Å²) in [5.41, 5.74) is 1.60. The van der Waals surface area contributed by atoms with E-state index >= 15 is 0 Å². The maximum Gasteiger partial charge on any atom is 0.305 e. The van der Waals surface area contributed by atoms with E-state index in [1.807, 2.05) is 26.0 Å². The predicted octanol–water partition coefficient (Wildman–Crippen LogP) is 3.85. The molecule has 32 heavy (non-hydrogen) atoms. The van der Waals surface area contributed by atoms with Crippen molar-refractivity contribution in [3.63, 3.8) is 0 Å². The van der Waals surface area contributed by atoms with E-state index in [4.69, 9.17) is 5.11 Å². The zero-order chi connectivity index (χ0) is 23.4. The first-order valence-corrected chi connectivity index (χ1v) is 10.4. The second kappa shape index (κ2) is 9.89. The standard InChI is InChI=1S/C25H26FNO5/c1-15(2)24-20-5-3-4-6-21(20)25(32)27(17-9-7-16(26)8-10-17)22(24)12-11-18(28)13-19(29)14-23(30)31/h3-12,15,18-19,28-29H,13-14H2,1-2H3,(H,30,31)/b12-11+/t18-,19-/m1/s1. The molecule has 0 amide bonds. The van der Waals surface area contributed by atoms with Gasteiger partial charge in [-0.05, 0) is 53.3 Å². The fraction of sp³-hybridized carbons (Fsp3) is 0.280. The maximum atomic E-state index is 13.5. The predicted molar refractivity (Wildman–Crippen MR) is 122 cm³/mol. The number of aliphatic hydroxyl groups is 2. The summed E-state index contributed by atoms with van der Waals surface area (Å²) in [6.45, 7) is 3.98. The summed E-state index contributed by atoms with van der Waals surface area (Å²) in [6, 6.07) is 12.8. The number of aromatic nitrogens is 1. The fourth-order valence-electron chi connectivity index (χ4n) is 3.85. The van der Waals surface area contributed by atoms with Crippen LogP contribution in [0.2, 0.25) is 0 Å². The Balaban J connectivity index is 2.19. The highest BCUT2D eigenvalue weighted by atomic mass is 19.1. The summed E-state index contributed by atoms with van der Waals surface area (Å²) in [5.74, 6) is -1.57. The average molecular weight is 439 g/mol. The zero-order valence-corrected chi connectivity index (χ0v) is 17.9. The Kier molecular flexibility index (Phi) is 7.22. The van der Waals surface area contributed by atoms with Gasteiger partial charge in [-0.1, -0.05) is 38.1 Å². The van der Waals surface area contributed by atoms with Gasteiger partial charge >= 0.3 is 5.97 Å². The largest absolute Gasteiger partial charge is 0.481 e. The van der Waals surface area contributed by atoms with Gasteiger partial charge in [-0.25, -0.2) is 4.39 Å². The second-order valence-electron chi connectivity index (χ2n) is 8.03. The Morgan fingerprint density at radius 3 is 2.28 bits per heavy atom. The number of carboxylic acids is 1. The van der Waals surface area contributed by atoms with Gasteiger partial charge in [0.05, 0.1) is 24.3 Å². The first kappa shape index (κ1) is 23.4. The van der Waals surface area contributed by atoms with E-state index in [0.717, 1.165) is 10.9 Å². The molecule has 3 aromatic rings. The molecule has 0 fully saturated rings. The number of carbonyl (C=O) groups is 1. The van der Waals surface area contributed by atoms with Crippen molar-refractivity contribution >= 4 is 22.8 Å². The third-order valence-electron chi connectivity index (χ3n) is 5.23. The summed E-state index contributed by atoms with van der Waals surface area (Å²) in [4.78, 5) is 24.2. The SMILES string of the molecule is CC(C)c1c(/C=C/[C@@H](O)C[C@@H](O)CC(=O)O)n(-c2ccc(F)cc2)c(=O)c2ccccc12. The Bertz CT molecular complexity index is 1200. The van der Waals surface area contributed by atoms with Gasteiger partial charge in [-0.2, -0.15) is 0 Å². The molecule has 168 valence electrons. The highest BCUT2D eigenvalue weighted by Crippen LogP contribution is 2.30. The highest BCUT2D eigenvalue weighted by molar-refractivity contribution is 5.88. The molecule has 0 aliphatic heterocycles. The molecule has 2 aromatic carbocycles. The number of hydrogen-bond donors (Lipinski definition) is 3. The number of hydrogen-bond acceptors (Lipinski definition) is 4. The summed E-state index contributed by atoms with van der Waals surface area (Å²) in [7, 11) is 0. The van der Waals surface area contributed by atoms with Crippen molar-refractivity contribution in [2.45, 2.75) is 44.8 Å². The van der Waals surface area contributed by atoms with E-state index < -0.39 is 30.4 Å². The number of aliphatic hydroxyl groups excluding tert-OH is 2. The van der Waals surface area contributed by atoms with Crippen LogP contribution in [0.1, 0.15) is 43.9 Å². The molecule has 0 aliphatic rings. The molecule has 6 nitrogen and oxygen atoms in total. The second-order valence-corrected chi connectivity index (χ2v) is 8.03. The molecule has 2 atom stereocenters. The molecule has 1 heterocycles. The van der Waals surface area contributed by atoms with Crippen molar-refractivity contribution in [3.8, 4) is 5.69 Å². The van der Waals surface area contributed by atoms with Crippen LogP contribution >= 0.6 is 0 Å². The van der Waals surface area contributed by atoms with Crippen LogP contribution in [-0.4, -0.2) is 38.1 Å². The number of aliphatic carboxylic acids is 1. The fourth-order valence-corrected chi connectivity index (χ4v) is 3.85. The molecule has 0 saturated carbocycles. The Labute approximate surface area is 184 Å². The highest BCUT2D eigenvalue weighted by Gasteiger charge is 2.19.